The maximum atomic E-state index is 12.8. The van der Waals surface area contributed by atoms with Gasteiger partial charge in [0.15, 0.2) is 0 Å². The molecule has 130 valence electrons. The Morgan fingerprint density at radius 2 is 2.17 bits per heavy atom. The molecule has 24 heavy (non-hydrogen) atoms. The van der Waals surface area contributed by atoms with E-state index < -0.39 is 11.7 Å². The second-order valence-electron chi connectivity index (χ2n) is 5.86. The van der Waals surface area contributed by atoms with E-state index in [1.54, 1.807) is 17.1 Å². The molecule has 1 unspecified atom stereocenters. The molecule has 1 saturated heterocycles. The van der Waals surface area contributed by atoms with Gasteiger partial charge in [0.2, 0.25) is 0 Å². The number of rotatable bonds is 5. The molecular formula is C16H19F3N4O. The smallest absolute Gasteiger partial charge is 0.374 e. The van der Waals surface area contributed by atoms with Gasteiger partial charge < -0.3 is 4.74 Å². The molecule has 0 saturated carbocycles. The van der Waals surface area contributed by atoms with Crippen LogP contribution in [0.4, 0.5) is 13.2 Å². The number of aromatic nitrogens is 3. The highest BCUT2D eigenvalue weighted by molar-refractivity contribution is 5.25. The lowest BCUT2D eigenvalue weighted by Crippen LogP contribution is -2.45. The lowest BCUT2D eigenvalue weighted by atomic mass is 10.1. The molecule has 1 aliphatic rings. The molecule has 1 aromatic carbocycles. The summed E-state index contributed by atoms with van der Waals surface area (Å²) in [5.74, 6) is 0. The van der Waals surface area contributed by atoms with Gasteiger partial charge in [-0.1, -0.05) is 18.2 Å². The third-order valence-electron chi connectivity index (χ3n) is 4.05. The summed E-state index contributed by atoms with van der Waals surface area (Å²) in [5, 5.41) is 4.06. The van der Waals surface area contributed by atoms with Gasteiger partial charge in [-0.2, -0.15) is 18.3 Å². The average Bonchev–Trinajstić information content (AvgIpc) is 3.06. The first-order valence-corrected chi connectivity index (χ1v) is 7.83. The third kappa shape index (κ3) is 4.55. The molecule has 2 aromatic rings. The number of hydrogen-bond donors (Lipinski definition) is 0. The third-order valence-corrected chi connectivity index (χ3v) is 4.05. The van der Waals surface area contributed by atoms with E-state index in [4.69, 9.17) is 4.74 Å². The van der Waals surface area contributed by atoms with Crippen LogP contribution in [0.5, 0.6) is 0 Å². The fourth-order valence-corrected chi connectivity index (χ4v) is 2.82. The number of hydrogen-bond acceptors (Lipinski definition) is 4. The molecule has 1 fully saturated rings. The van der Waals surface area contributed by atoms with Crippen LogP contribution in [0.2, 0.25) is 0 Å². The van der Waals surface area contributed by atoms with E-state index >= 15 is 0 Å². The number of halogens is 3. The van der Waals surface area contributed by atoms with Crippen LogP contribution in [0.3, 0.4) is 0 Å². The minimum Gasteiger partial charge on any atom is -0.374 e. The lowest BCUT2D eigenvalue weighted by molar-refractivity contribution is -0.137. The summed E-state index contributed by atoms with van der Waals surface area (Å²) in [4.78, 5) is 6.12. The van der Waals surface area contributed by atoms with E-state index in [1.165, 1.54) is 18.5 Å². The number of ether oxygens (including phenoxy) is 1. The second-order valence-corrected chi connectivity index (χ2v) is 5.86. The molecule has 2 heterocycles. The summed E-state index contributed by atoms with van der Waals surface area (Å²) in [6, 6.07) is 5.54. The monoisotopic (exact) mass is 340 g/mol. The Morgan fingerprint density at radius 3 is 2.92 bits per heavy atom. The number of alkyl halides is 3. The van der Waals surface area contributed by atoms with Gasteiger partial charge in [0.25, 0.3) is 0 Å². The molecule has 0 aliphatic carbocycles. The first-order valence-electron chi connectivity index (χ1n) is 7.83. The first kappa shape index (κ1) is 16.9. The summed E-state index contributed by atoms with van der Waals surface area (Å²) < 4.78 is 45.7. The summed E-state index contributed by atoms with van der Waals surface area (Å²) in [6.45, 7) is 3.46. The van der Waals surface area contributed by atoms with Crippen molar-refractivity contribution in [3.63, 3.8) is 0 Å². The van der Waals surface area contributed by atoms with E-state index in [1.807, 2.05) is 0 Å². The normalized spacial score (nSPS) is 19.5. The topological polar surface area (TPSA) is 43.2 Å². The minimum atomic E-state index is -4.29. The van der Waals surface area contributed by atoms with E-state index in [0.717, 1.165) is 19.2 Å². The van der Waals surface area contributed by atoms with E-state index in [0.29, 0.717) is 31.7 Å². The van der Waals surface area contributed by atoms with Crippen molar-refractivity contribution in [1.29, 1.82) is 0 Å². The van der Waals surface area contributed by atoms with Gasteiger partial charge >= 0.3 is 6.18 Å². The molecule has 0 N–H and O–H groups in total. The second kappa shape index (κ2) is 7.31. The van der Waals surface area contributed by atoms with Crippen molar-refractivity contribution in [1.82, 2.24) is 19.7 Å². The molecule has 0 radical (unpaired) electrons. The molecule has 3 rings (SSSR count). The molecular weight excluding hydrogens is 321 g/mol. The Bertz CT molecular complexity index is 645. The first-order chi connectivity index (χ1) is 11.5. The Kier molecular flexibility index (Phi) is 5.15. The number of nitrogens with zero attached hydrogens (tertiary/aromatic N) is 4. The van der Waals surface area contributed by atoms with E-state index in [2.05, 4.69) is 15.0 Å². The van der Waals surface area contributed by atoms with Crippen LogP contribution in [0.15, 0.2) is 36.9 Å². The summed E-state index contributed by atoms with van der Waals surface area (Å²) >= 11 is 0. The average molecular weight is 340 g/mol. The van der Waals surface area contributed by atoms with Crippen molar-refractivity contribution in [2.75, 3.05) is 26.2 Å². The zero-order chi connectivity index (χ0) is 17.0. The summed E-state index contributed by atoms with van der Waals surface area (Å²) in [6.07, 6.45) is -0.571. The highest BCUT2D eigenvalue weighted by Gasteiger charge is 2.30. The molecule has 1 aliphatic heterocycles. The maximum Gasteiger partial charge on any atom is 0.416 e. The van der Waals surface area contributed by atoms with E-state index in [9.17, 15) is 13.2 Å². The van der Waals surface area contributed by atoms with Gasteiger partial charge in [-0.25, -0.2) is 4.98 Å². The van der Waals surface area contributed by atoms with E-state index in [-0.39, 0.29) is 6.10 Å². The van der Waals surface area contributed by atoms with Crippen LogP contribution in [0.25, 0.3) is 0 Å². The van der Waals surface area contributed by atoms with Crippen LogP contribution >= 0.6 is 0 Å². The van der Waals surface area contributed by atoms with Crippen molar-refractivity contribution in [2.24, 2.45) is 0 Å². The molecule has 1 aromatic heterocycles. The standard InChI is InChI=1S/C16H19F3N4O/c17-16(18,19)14-3-1-2-13(8-14)4-5-22-6-7-24-15(9-22)10-23-12-20-11-21-23/h1-3,8,11-12,15H,4-7,9-10H2. The SMILES string of the molecule is FC(F)(F)c1cccc(CCN2CCOC(Cn3cncn3)C2)c1. The molecule has 1 atom stereocenters. The van der Waals surface area contributed by atoms with Crippen molar-refractivity contribution in [2.45, 2.75) is 25.2 Å². The maximum absolute atomic E-state index is 12.8. The molecule has 0 amide bonds. The number of benzene rings is 1. The minimum absolute atomic E-state index is 0.0157. The zero-order valence-electron chi connectivity index (χ0n) is 13.1. The fourth-order valence-electron chi connectivity index (χ4n) is 2.82. The van der Waals surface area contributed by atoms with Gasteiger partial charge in [0.05, 0.1) is 24.8 Å². The number of morpholine rings is 1. The molecule has 0 bridgehead atoms. The van der Waals surface area contributed by atoms with Crippen LogP contribution in [-0.4, -0.2) is 52.0 Å². The van der Waals surface area contributed by atoms with Gasteiger partial charge in [-0.15, -0.1) is 0 Å². The molecule has 0 spiro atoms. The predicted octanol–water partition coefficient (Wildman–Crippen LogP) is 2.24. The van der Waals surface area contributed by atoms with Crippen molar-refractivity contribution in [3.8, 4) is 0 Å². The van der Waals surface area contributed by atoms with Crippen LogP contribution in [-0.2, 0) is 23.9 Å². The fraction of sp³-hybridized carbons (Fsp3) is 0.500. The van der Waals surface area contributed by atoms with Gasteiger partial charge in [0.1, 0.15) is 12.7 Å². The Morgan fingerprint density at radius 1 is 1.29 bits per heavy atom. The van der Waals surface area contributed by atoms with Gasteiger partial charge in [-0.3, -0.25) is 9.58 Å². The Labute approximate surface area is 138 Å². The predicted molar refractivity (Wildman–Crippen MR) is 81.4 cm³/mol. The van der Waals surface area contributed by atoms with Crippen LogP contribution < -0.4 is 0 Å². The summed E-state index contributed by atoms with van der Waals surface area (Å²) in [7, 11) is 0. The quantitative estimate of drug-likeness (QED) is 0.837. The van der Waals surface area contributed by atoms with Gasteiger partial charge in [0, 0.05) is 19.6 Å². The van der Waals surface area contributed by atoms with Gasteiger partial charge in [-0.05, 0) is 18.1 Å². The highest BCUT2D eigenvalue weighted by Crippen LogP contribution is 2.29. The summed E-state index contributed by atoms with van der Waals surface area (Å²) in [5.41, 5.74) is 0.107. The molecule has 8 heteroatoms. The van der Waals surface area contributed by atoms with Crippen molar-refractivity contribution >= 4 is 0 Å². The van der Waals surface area contributed by atoms with Crippen molar-refractivity contribution < 1.29 is 17.9 Å². The molecule has 5 nitrogen and oxygen atoms in total. The highest BCUT2D eigenvalue weighted by atomic mass is 19.4. The van der Waals surface area contributed by atoms with Crippen molar-refractivity contribution in [3.05, 3.63) is 48.0 Å². The largest absolute Gasteiger partial charge is 0.416 e. The lowest BCUT2D eigenvalue weighted by Gasteiger charge is -2.32. The Balaban J connectivity index is 1.53. The van der Waals surface area contributed by atoms with Crippen LogP contribution in [0, 0.1) is 0 Å². The zero-order valence-corrected chi connectivity index (χ0v) is 13.1. The Hall–Kier alpha value is -1.93. The van der Waals surface area contributed by atoms with Crippen LogP contribution in [0.1, 0.15) is 11.1 Å².